The predicted octanol–water partition coefficient (Wildman–Crippen LogP) is 3.71. The van der Waals surface area contributed by atoms with E-state index in [0.29, 0.717) is 5.69 Å². The number of fused-ring (bicyclic) bond motifs is 5. The van der Waals surface area contributed by atoms with Gasteiger partial charge in [0.2, 0.25) is 0 Å². The Morgan fingerprint density at radius 3 is 2.27 bits per heavy atom. The number of benzene rings is 1. The summed E-state index contributed by atoms with van der Waals surface area (Å²) in [6.07, 6.45) is 2.50. The summed E-state index contributed by atoms with van der Waals surface area (Å²) in [7, 11) is 0. The Morgan fingerprint density at radius 1 is 1.08 bits per heavy atom. The highest BCUT2D eigenvalue weighted by Gasteiger charge is 2.63. The van der Waals surface area contributed by atoms with Gasteiger partial charge in [-0.15, -0.1) is 11.3 Å². The lowest BCUT2D eigenvalue weighted by atomic mass is 9.81. The van der Waals surface area contributed by atoms with Crippen molar-refractivity contribution in [1.29, 1.82) is 0 Å². The first-order chi connectivity index (χ1) is 12.6. The molecule has 5 rings (SSSR count). The molecule has 3 aliphatic rings. The van der Waals surface area contributed by atoms with Gasteiger partial charge in [-0.25, -0.2) is 4.98 Å². The highest BCUT2D eigenvalue weighted by atomic mass is 32.1. The Morgan fingerprint density at radius 2 is 1.69 bits per heavy atom. The Labute approximate surface area is 156 Å². The van der Waals surface area contributed by atoms with Crippen LogP contribution in [0.5, 0.6) is 0 Å². The highest BCUT2D eigenvalue weighted by molar-refractivity contribution is 7.15. The van der Waals surface area contributed by atoms with E-state index in [0.717, 1.165) is 34.7 Å². The van der Waals surface area contributed by atoms with Crippen molar-refractivity contribution in [2.75, 3.05) is 0 Å². The molecule has 1 aromatic carbocycles. The molecule has 2 aliphatic heterocycles. The average Bonchev–Trinajstić information content (AvgIpc) is 3.39. The fourth-order valence-electron chi connectivity index (χ4n) is 4.86. The molecule has 0 amide bonds. The number of carbonyl (C=O) groups is 2. The van der Waals surface area contributed by atoms with E-state index in [9.17, 15) is 9.59 Å². The van der Waals surface area contributed by atoms with Gasteiger partial charge in [0.05, 0.1) is 29.7 Å². The molecular weight excluding hydrogens is 346 g/mol. The molecule has 0 radical (unpaired) electrons. The van der Waals surface area contributed by atoms with E-state index in [1.807, 2.05) is 0 Å². The summed E-state index contributed by atoms with van der Waals surface area (Å²) in [5.74, 6) is -1.06. The maximum atomic E-state index is 13.1. The number of rotatable bonds is 3. The molecule has 1 aliphatic carbocycles. The molecule has 2 saturated heterocycles. The van der Waals surface area contributed by atoms with Crippen molar-refractivity contribution in [2.24, 2.45) is 11.8 Å². The standard InChI is InChI=1S/C21H21NO3S/c1-3-14-18(22-21(26-14)11-6-4-10(2)5-7-11)17-19(23)15-12-8-9-13(25-12)16(15)20(17)24/h4-7,12-13,15-17H,3,8-9H2,1-2H3/t12?,13?,15-,16+,17?. The Balaban J connectivity index is 1.55. The van der Waals surface area contributed by atoms with Crippen LogP contribution in [0.4, 0.5) is 0 Å². The smallest absolute Gasteiger partial charge is 0.155 e. The third-order valence-electron chi connectivity index (χ3n) is 6.12. The van der Waals surface area contributed by atoms with Crippen molar-refractivity contribution in [2.45, 2.75) is 51.2 Å². The van der Waals surface area contributed by atoms with Gasteiger partial charge in [-0.3, -0.25) is 9.59 Å². The summed E-state index contributed by atoms with van der Waals surface area (Å²) >= 11 is 1.61. The molecule has 1 saturated carbocycles. The minimum Gasteiger partial charge on any atom is -0.373 e. The van der Waals surface area contributed by atoms with Crippen LogP contribution in [0.3, 0.4) is 0 Å². The molecule has 0 N–H and O–H groups in total. The Bertz CT molecular complexity index is 872. The van der Waals surface area contributed by atoms with Crippen molar-refractivity contribution < 1.29 is 14.3 Å². The summed E-state index contributed by atoms with van der Waals surface area (Å²) in [5.41, 5.74) is 2.95. The zero-order valence-corrected chi connectivity index (χ0v) is 15.7. The molecular formula is C21H21NO3S. The van der Waals surface area contributed by atoms with Crippen LogP contribution in [-0.2, 0) is 20.7 Å². The topological polar surface area (TPSA) is 56.3 Å². The molecule has 26 heavy (non-hydrogen) atoms. The van der Waals surface area contributed by atoms with E-state index in [1.165, 1.54) is 5.56 Å². The number of hydrogen-bond donors (Lipinski definition) is 0. The van der Waals surface area contributed by atoms with Crippen molar-refractivity contribution in [3.05, 3.63) is 40.4 Å². The third-order valence-corrected chi connectivity index (χ3v) is 7.38. The fourth-order valence-corrected chi connectivity index (χ4v) is 5.90. The number of ether oxygens (including phenoxy) is 1. The van der Waals surface area contributed by atoms with Gasteiger partial charge in [0, 0.05) is 10.4 Å². The van der Waals surface area contributed by atoms with E-state index >= 15 is 0 Å². The van der Waals surface area contributed by atoms with Gasteiger partial charge in [0.25, 0.3) is 0 Å². The average molecular weight is 367 g/mol. The molecule has 2 bridgehead atoms. The molecule has 3 unspecified atom stereocenters. The summed E-state index contributed by atoms with van der Waals surface area (Å²) in [6.45, 7) is 4.12. The summed E-state index contributed by atoms with van der Waals surface area (Å²) in [6, 6.07) is 8.23. The summed E-state index contributed by atoms with van der Waals surface area (Å²) < 4.78 is 5.85. The number of thiazole rings is 1. The number of nitrogens with zero attached hydrogens (tertiary/aromatic N) is 1. The van der Waals surface area contributed by atoms with Gasteiger partial charge in [-0.1, -0.05) is 36.8 Å². The maximum absolute atomic E-state index is 13.1. The van der Waals surface area contributed by atoms with Crippen LogP contribution >= 0.6 is 11.3 Å². The van der Waals surface area contributed by atoms with Gasteiger partial charge >= 0.3 is 0 Å². The molecule has 0 spiro atoms. The highest BCUT2D eigenvalue weighted by Crippen LogP contribution is 2.53. The molecule has 4 nitrogen and oxygen atoms in total. The number of ketones is 2. The number of Topliss-reactive ketones (excluding diaryl/α,β-unsaturated/α-hetero) is 2. The lowest BCUT2D eigenvalue weighted by Crippen LogP contribution is -2.29. The van der Waals surface area contributed by atoms with Gasteiger partial charge < -0.3 is 4.74 Å². The minimum absolute atomic E-state index is 0.0441. The second-order valence-electron chi connectivity index (χ2n) is 7.63. The van der Waals surface area contributed by atoms with E-state index in [2.05, 4.69) is 38.1 Å². The molecule has 3 fully saturated rings. The Kier molecular flexibility index (Phi) is 3.66. The van der Waals surface area contributed by atoms with Gasteiger partial charge in [0.15, 0.2) is 11.6 Å². The second kappa shape index (κ2) is 5.83. The normalized spacial score (nSPS) is 32.5. The predicted molar refractivity (Wildman–Crippen MR) is 99.3 cm³/mol. The monoisotopic (exact) mass is 367 g/mol. The van der Waals surface area contributed by atoms with Crippen molar-refractivity contribution in [1.82, 2.24) is 4.98 Å². The van der Waals surface area contributed by atoms with Crippen LogP contribution in [-0.4, -0.2) is 28.8 Å². The van der Waals surface area contributed by atoms with Crippen LogP contribution in [0.1, 0.15) is 41.8 Å². The largest absolute Gasteiger partial charge is 0.373 e. The fraction of sp³-hybridized carbons (Fsp3) is 0.476. The van der Waals surface area contributed by atoms with E-state index in [1.54, 1.807) is 11.3 Å². The summed E-state index contributed by atoms with van der Waals surface area (Å²) in [4.78, 5) is 32.1. The maximum Gasteiger partial charge on any atom is 0.155 e. The van der Waals surface area contributed by atoms with Crippen LogP contribution in [0.15, 0.2) is 24.3 Å². The Hall–Kier alpha value is -1.85. The van der Waals surface area contributed by atoms with Crippen LogP contribution < -0.4 is 0 Å². The van der Waals surface area contributed by atoms with Crippen LogP contribution in [0, 0.1) is 18.8 Å². The number of aryl methyl sites for hydroxylation is 2. The van der Waals surface area contributed by atoms with Crippen molar-refractivity contribution in [3.8, 4) is 10.6 Å². The molecule has 1 aromatic heterocycles. The molecule has 134 valence electrons. The van der Waals surface area contributed by atoms with E-state index in [4.69, 9.17) is 9.72 Å². The van der Waals surface area contributed by atoms with E-state index in [-0.39, 0.29) is 35.6 Å². The van der Waals surface area contributed by atoms with Gasteiger partial charge in [-0.05, 0) is 26.2 Å². The molecule has 2 aromatic rings. The lowest BCUT2D eigenvalue weighted by Gasteiger charge is -2.16. The lowest BCUT2D eigenvalue weighted by molar-refractivity contribution is -0.127. The minimum atomic E-state index is -0.678. The second-order valence-corrected chi connectivity index (χ2v) is 8.71. The van der Waals surface area contributed by atoms with Crippen LogP contribution in [0.25, 0.3) is 10.6 Å². The SMILES string of the molecule is CCc1sc(-c2ccc(C)cc2)nc1C1C(=O)[C@@H]2C3CCC(O3)[C@@H]2C1=O. The quantitative estimate of drug-likeness (QED) is 0.776. The van der Waals surface area contributed by atoms with Crippen LogP contribution in [0.2, 0.25) is 0 Å². The number of hydrogen-bond acceptors (Lipinski definition) is 5. The number of carbonyl (C=O) groups excluding carboxylic acids is 2. The first kappa shape index (κ1) is 16.3. The molecule has 5 heteroatoms. The van der Waals surface area contributed by atoms with Crippen molar-refractivity contribution >= 4 is 22.9 Å². The van der Waals surface area contributed by atoms with Crippen molar-refractivity contribution in [3.63, 3.8) is 0 Å². The number of aromatic nitrogens is 1. The third kappa shape index (κ3) is 2.20. The first-order valence-corrected chi connectivity index (χ1v) is 10.2. The van der Waals surface area contributed by atoms with E-state index < -0.39 is 5.92 Å². The molecule has 5 atom stereocenters. The summed E-state index contributed by atoms with van der Waals surface area (Å²) in [5, 5.41) is 0.897. The van der Waals surface area contributed by atoms with Gasteiger partial charge in [0.1, 0.15) is 10.9 Å². The molecule has 3 heterocycles. The van der Waals surface area contributed by atoms with Gasteiger partial charge in [-0.2, -0.15) is 0 Å². The zero-order valence-electron chi connectivity index (χ0n) is 14.9. The first-order valence-electron chi connectivity index (χ1n) is 9.38. The zero-order chi connectivity index (χ0) is 18.0.